The first-order valence-electron chi connectivity index (χ1n) is 19.0. The molecular weight excluding hydrogens is 1080 g/mol. The van der Waals surface area contributed by atoms with Gasteiger partial charge >= 0.3 is 128 Å². The molecule has 0 spiro atoms. The smallest absolute Gasteiger partial charge is 0.871 e. The molecule has 356 valence electrons. The number of aromatic carboxylic acids is 1. The molecule has 0 aliphatic heterocycles. The van der Waals surface area contributed by atoms with E-state index in [0.717, 1.165) is 24.3 Å². The number of ether oxygens (including phenoxy) is 1. The summed E-state index contributed by atoms with van der Waals surface area (Å²) >= 11 is 0. The van der Waals surface area contributed by atoms with Crippen LogP contribution in [0, 0.1) is 6.92 Å². The third-order valence-corrected chi connectivity index (χ3v) is 13.4. The van der Waals surface area contributed by atoms with Crippen LogP contribution in [0.2, 0.25) is 0 Å². The topological polar surface area (TPSA) is 379 Å². The first-order chi connectivity index (χ1) is 32.3. The summed E-state index contributed by atoms with van der Waals surface area (Å²) < 4.78 is 143. The number of methoxy groups -OCH3 is 1. The maximum absolute atomic E-state index is 13.5. The van der Waals surface area contributed by atoms with Crippen molar-refractivity contribution in [2.45, 2.75) is 26.5 Å². The monoisotopic (exact) mass is 1110 g/mol. The molecular formula is C42H28N6Na4O17S4. The van der Waals surface area contributed by atoms with Crippen molar-refractivity contribution in [3.8, 4) is 17.2 Å². The number of carbonyl (C=O) groups is 1. The molecule has 23 nitrogen and oxygen atoms in total. The number of fused-ring (bicyclic) bond motifs is 2. The second-order valence-corrected chi connectivity index (χ2v) is 20.0. The van der Waals surface area contributed by atoms with Crippen molar-refractivity contribution >= 4 is 108 Å². The Balaban J connectivity index is 0.00000352. The Morgan fingerprint density at radius 3 is 1.85 bits per heavy atom. The maximum atomic E-state index is 13.5. The van der Waals surface area contributed by atoms with Crippen molar-refractivity contribution < 1.29 is 195 Å². The molecule has 31 heteroatoms. The average Bonchev–Trinajstić information content (AvgIpc) is 3.27. The Labute approximate surface area is 504 Å². The number of aliphatic imine (C=N–C) groups is 1. The molecule has 0 aliphatic rings. The second kappa shape index (κ2) is 25.3. The summed E-state index contributed by atoms with van der Waals surface area (Å²) in [5.41, 5.74) is -1.95. The maximum Gasteiger partial charge on any atom is 1.00 e. The summed E-state index contributed by atoms with van der Waals surface area (Å²) in [6.07, 6.45) is 0. The Kier molecular flexibility index (Phi) is 21.9. The number of azo groups is 2. The van der Waals surface area contributed by atoms with Crippen LogP contribution < -0.4 is 148 Å². The van der Waals surface area contributed by atoms with Gasteiger partial charge in [0.15, 0.2) is 5.75 Å². The number of anilines is 1. The van der Waals surface area contributed by atoms with E-state index in [1.54, 1.807) is 0 Å². The second-order valence-electron chi connectivity index (χ2n) is 14.3. The molecule has 7 aromatic carbocycles. The number of rotatable bonds is 14. The van der Waals surface area contributed by atoms with Gasteiger partial charge in [0.05, 0.1) is 57.0 Å². The van der Waals surface area contributed by atoms with Gasteiger partial charge in [-0.1, -0.05) is 48.2 Å². The van der Waals surface area contributed by atoms with Gasteiger partial charge in [0.25, 0.3) is 20.2 Å². The number of nitrogens with one attached hydrogen (secondary N) is 1. The fourth-order valence-corrected chi connectivity index (χ4v) is 9.19. The van der Waals surface area contributed by atoms with Crippen molar-refractivity contribution in [3.05, 3.63) is 126 Å². The van der Waals surface area contributed by atoms with E-state index in [4.69, 9.17) is 8.92 Å². The van der Waals surface area contributed by atoms with Crippen LogP contribution in [0.25, 0.3) is 21.5 Å². The van der Waals surface area contributed by atoms with E-state index in [0.29, 0.717) is 12.1 Å². The van der Waals surface area contributed by atoms with Gasteiger partial charge in [-0.15, -0.1) is 15.3 Å². The van der Waals surface area contributed by atoms with Gasteiger partial charge in [0, 0.05) is 23.4 Å². The molecule has 0 aliphatic carbocycles. The molecule has 0 atom stereocenters. The minimum Gasteiger partial charge on any atom is -0.871 e. The van der Waals surface area contributed by atoms with Crippen molar-refractivity contribution in [3.63, 3.8) is 0 Å². The standard InChI is InChI=1S/C42H32N6O17S4.4Na/c1-22-14-33(44-42(52)43-25-12-13-29-23(15-25)18-37(68(59,60)61)39(40(29)49)48-45-31-11-7-6-10-30(31)41(50)51)35(64-2)21-32(22)46-47-34-19-27(66(53,54)55)16-24-17-28(67(56,57)58)20-36(38(24)34)65-69(62,63)26-8-4-3-5-9-26;;;;/h3-21,49H,1-2H3,(H,50,51)(H2,43,44,52)(H,53,54,55)(H,56,57,58)(H,59,60,61);;;;/q;4*+1/p-4. The molecule has 0 bridgehead atoms. The van der Waals surface area contributed by atoms with E-state index in [1.807, 2.05) is 0 Å². The fraction of sp³-hybridized carbons (Fsp3) is 0.0476. The minimum atomic E-state index is -5.30. The van der Waals surface area contributed by atoms with Gasteiger partial charge in [0.2, 0.25) is 0 Å². The quantitative estimate of drug-likeness (QED) is 0.0228. The van der Waals surface area contributed by atoms with E-state index >= 15 is 0 Å². The first kappa shape index (κ1) is 63.4. The SMILES string of the molecule is COc1cc(N=Nc2cc(S(=O)(=O)[O-])cc3cc(S(=O)(=O)O)cc(OS(=O)(=O)c4ccccc4)c23)c(C)cc1N=C([O-])Nc1ccc2c([O-])c(N=Nc3ccccc3C(=O)[O-])c(S(=O)(=O)O)cc2c1.[Na+].[Na+].[Na+].[Na+]. The molecule has 0 saturated carbocycles. The first-order valence-corrected chi connectivity index (χ1v) is 24.7. The number of carbonyl (C=O) groups excluding carboxylic acids is 1. The van der Waals surface area contributed by atoms with Gasteiger partial charge in [-0.05, 0) is 89.3 Å². The summed E-state index contributed by atoms with van der Waals surface area (Å²) in [7, 11) is -19.1. The van der Waals surface area contributed by atoms with Crippen molar-refractivity contribution in [2.24, 2.45) is 25.4 Å². The number of amidine groups is 1. The Hall–Kier alpha value is -3.92. The van der Waals surface area contributed by atoms with E-state index in [1.165, 1.54) is 92.9 Å². The summed E-state index contributed by atoms with van der Waals surface area (Å²) in [6, 6.07) is 20.6. The number of benzene rings is 7. The van der Waals surface area contributed by atoms with Crippen molar-refractivity contribution in [2.75, 3.05) is 12.4 Å². The van der Waals surface area contributed by atoms with Crippen LogP contribution >= 0.6 is 0 Å². The Bertz CT molecular complexity index is 3850. The molecule has 3 N–H and O–H groups in total. The van der Waals surface area contributed by atoms with Crippen molar-refractivity contribution in [1.29, 1.82) is 0 Å². The average molecular weight is 1110 g/mol. The van der Waals surface area contributed by atoms with Crippen LogP contribution in [0.1, 0.15) is 15.9 Å². The number of carboxylic acid groups (broad SMARTS) is 1. The zero-order valence-corrected chi connectivity index (χ0v) is 50.1. The summed E-state index contributed by atoms with van der Waals surface area (Å²) in [4.78, 5) is 12.3. The van der Waals surface area contributed by atoms with Crippen LogP contribution in [0.3, 0.4) is 0 Å². The van der Waals surface area contributed by atoms with E-state index in [2.05, 4.69) is 30.8 Å². The molecule has 0 fully saturated rings. The predicted octanol–water partition coefficient (Wildman–Crippen LogP) is -6.78. The molecule has 73 heavy (non-hydrogen) atoms. The number of carboxylic acids is 1. The van der Waals surface area contributed by atoms with Gasteiger partial charge in [-0.2, -0.15) is 30.4 Å². The number of hydrogen-bond donors (Lipinski definition) is 3. The molecule has 0 radical (unpaired) electrons. The number of aryl methyl sites for hydroxylation is 1. The Morgan fingerprint density at radius 1 is 0.616 bits per heavy atom. The van der Waals surface area contributed by atoms with Gasteiger partial charge in [-0.25, -0.2) is 13.4 Å². The summed E-state index contributed by atoms with van der Waals surface area (Å²) in [6.45, 7) is 1.48. The molecule has 0 heterocycles. The predicted molar refractivity (Wildman–Crippen MR) is 237 cm³/mol. The normalized spacial score (nSPS) is 12.1. The zero-order chi connectivity index (χ0) is 50.2. The molecule has 0 unspecified atom stereocenters. The molecule has 0 saturated heterocycles. The third-order valence-electron chi connectivity index (χ3n) is 9.68. The fourth-order valence-electron chi connectivity index (χ4n) is 6.53. The summed E-state index contributed by atoms with van der Waals surface area (Å²) in [5.74, 6) is -3.51. The molecule has 7 aromatic rings. The van der Waals surface area contributed by atoms with Gasteiger partial charge < -0.3 is 38.9 Å². The van der Waals surface area contributed by atoms with Crippen LogP contribution in [0.4, 0.5) is 34.1 Å². The molecule has 0 aromatic heterocycles. The number of hydrogen-bond acceptors (Lipinski definition) is 20. The van der Waals surface area contributed by atoms with Crippen LogP contribution in [0.5, 0.6) is 17.2 Å². The van der Waals surface area contributed by atoms with Crippen LogP contribution in [-0.2, 0) is 40.5 Å². The van der Waals surface area contributed by atoms with Gasteiger partial charge in [-0.3, -0.25) is 9.11 Å². The largest absolute Gasteiger partial charge is 1.00 e. The summed E-state index contributed by atoms with van der Waals surface area (Å²) in [5, 5.41) is 55.2. The molecule has 0 amide bonds. The van der Waals surface area contributed by atoms with E-state index < -0.39 is 101 Å². The van der Waals surface area contributed by atoms with Crippen LogP contribution in [-0.4, -0.2) is 66.4 Å². The Morgan fingerprint density at radius 2 is 1.23 bits per heavy atom. The third kappa shape index (κ3) is 14.9. The van der Waals surface area contributed by atoms with E-state index in [9.17, 15) is 67.4 Å². The zero-order valence-electron chi connectivity index (χ0n) is 38.9. The van der Waals surface area contributed by atoms with Crippen molar-refractivity contribution in [1.82, 2.24) is 0 Å². The minimum absolute atomic E-state index is 0. The molecule has 7 rings (SSSR count). The van der Waals surface area contributed by atoms with Gasteiger partial charge in [0.1, 0.15) is 31.3 Å². The number of nitrogens with zero attached hydrogens (tertiary/aromatic N) is 5. The van der Waals surface area contributed by atoms with Crippen LogP contribution in [0.15, 0.2) is 160 Å². The van der Waals surface area contributed by atoms with E-state index in [-0.39, 0.29) is 173 Å².